The molecule has 0 saturated heterocycles. The van der Waals surface area contributed by atoms with E-state index < -0.39 is 0 Å². The Kier molecular flexibility index (Phi) is 5.74. The maximum atomic E-state index is 8.75. The maximum absolute atomic E-state index is 8.75. The van der Waals surface area contributed by atoms with Crippen molar-refractivity contribution in [2.24, 2.45) is 0 Å². The second kappa shape index (κ2) is 8.19. The molecule has 0 unspecified atom stereocenters. The first kappa shape index (κ1) is 16.8. The number of thioether (sulfide) groups is 1. The van der Waals surface area contributed by atoms with Gasteiger partial charge in [-0.1, -0.05) is 23.9 Å². The van der Waals surface area contributed by atoms with Gasteiger partial charge >= 0.3 is 0 Å². The molecule has 5 nitrogen and oxygen atoms in total. The van der Waals surface area contributed by atoms with Gasteiger partial charge in [0.1, 0.15) is 5.75 Å². The van der Waals surface area contributed by atoms with Gasteiger partial charge in [0.25, 0.3) is 0 Å². The van der Waals surface area contributed by atoms with Gasteiger partial charge in [-0.2, -0.15) is 0 Å². The van der Waals surface area contributed by atoms with E-state index in [1.54, 1.807) is 18.9 Å². The number of benzene rings is 2. The molecule has 3 rings (SSSR count). The predicted molar refractivity (Wildman–Crippen MR) is 96.3 cm³/mol. The number of aliphatic hydroxyl groups excluding tert-OH is 1. The van der Waals surface area contributed by atoms with Crippen molar-refractivity contribution in [1.29, 1.82) is 0 Å². The van der Waals surface area contributed by atoms with E-state index in [0.717, 1.165) is 33.4 Å². The molecule has 0 bridgehead atoms. The largest absolute Gasteiger partial charge is 0.497 e. The molecule has 0 aliphatic carbocycles. The first-order valence-electron chi connectivity index (χ1n) is 7.77. The average molecular weight is 344 g/mol. The van der Waals surface area contributed by atoms with Crippen molar-refractivity contribution in [2.45, 2.75) is 5.16 Å². The molecule has 0 aliphatic rings. The normalized spacial score (nSPS) is 11.1. The van der Waals surface area contributed by atoms with E-state index in [0.29, 0.717) is 13.2 Å². The molecule has 0 spiro atoms. The van der Waals surface area contributed by atoms with Crippen molar-refractivity contribution in [3.63, 3.8) is 0 Å². The molecular weight excluding hydrogens is 324 g/mol. The van der Waals surface area contributed by atoms with E-state index in [4.69, 9.17) is 19.6 Å². The number of methoxy groups -OCH3 is 1. The fraction of sp³-hybridized carbons (Fsp3) is 0.278. The minimum atomic E-state index is 0.0506. The quantitative estimate of drug-likeness (QED) is 0.502. The summed E-state index contributed by atoms with van der Waals surface area (Å²) in [5.74, 6) is 1.61. The zero-order chi connectivity index (χ0) is 16.8. The molecule has 3 aromatic rings. The minimum absolute atomic E-state index is 0.0506. The number of nitrogens with zero attached hydrogens (tertiary/aromatic N) is 2. The zero-order valence-corrected chi connectivity index (χ0v) is 14.3. The number of hydrogen-bond donors (Lipinski definition) is 1. The topological polar surface area (TPSA) is 56.5 Å². The van der Waals surface area contributed by atoms with E-state index in [1.807, 2.05) is 42.5 Å². The van der Waals surface area contributed by atoms with Crippen LogP contribution in [0, 0.1) is 0 Å². The Hall–Kier alpha value is -2.02. The van der Waals surface area contributed by atoms with Gasteiger partial charge < -0.3 is 14.6 Å². The molecule has 0 amide bonds. The van der Waals surface area contributed by atoms with Crippen LogP contribution in [-0.4, -0.2) is 47.3 Å². The lowest BCUT2D eigenvalue weighted by Gasteiger charge is -2.10. The van der Waals surface area contributed by atoms with Crippen molar-refractivity contribution in [1.82, 2.24) is 9.55 Å². The van der Waals surface area contributed by atoms with Crippen LogP contribution < -0.4 is 4.74 Å². The van der Waals surface area contributed by atoms with Crippen LogP contribution in [-0.2, 0) is 4.74 Å². The van der Waals surface area contributed by atoms with E-state index >= 15 is 0 Å². The fourth-order valence-corrected chi connectivity index (χ4v) is 3.32. The van der Waals surface area contributed by atoms with Crippen molar-refractivity contribution in [3.05, 3.63) is 48.5 Å². The number of ether oxygens (including phenoxy) is 2. The average Bonchev–Trinajstić information content (AvgIpc) is 3.00. The van der Waals surface area contributed by atoms with Gasteiger partial charge in [-0.25, -0.2) is 4.98 Å². The standard InChI is InChI=1S/C18H20N2O3S/c1-22-15-8-6-14(7-9-15)20-17-5-3-2-4-16(17)19-18(20)24-13-12-23-11-10-21/h2-9,21H,10-13H2,1H3. The maximum Gasteiger partial charge on any atom is 0.173 e. The number of imidazole rings is 1. The molecule has 1 heterocycles. The number of hydrogen-bond acceptors (Lipinski definition) is 5. The zero-order valence-electron chi connectivity index (χ0n) is 13.5. The third kappa shape index (κ3) is 3.72. The van der Waals surface area contributed by atoms with Gasteiger partial charge in [0, 0.05) is 11.4 Å². The Labute approximate surface area is 145 Å². The van der Waals surface area contributed by atoms with Crippen LogP contribution in [0.1, 0.15) is 0 Å². The number of rotatable bonds is 8. The molecule has 0 atom stereocenters. The molecule has 0 saturated carbocycles. The summed E-state index contributed by atoms with van der Waals surface area (Å²) in [6, 6.07) is 16.0. The van der Waals surface area contributed by atoms with E-state index in [1.165, 1.54) is 0 Å². The molecule has 126 valence electrons. The van der Waals surface area contributed by atoms with E-state index in [-0.39, 0.29) is 6.61 Å². The lowest BCUT2D eigenvalue weighted by atomic mass is 10.2. The molecule has 0 radical (unpaired) electrons. The molecule has 0 fully saturated rings. The summed E-state index contributed by atoms with van der Waals surface area (Å²) in [7, 11) is 1.66. The summed E-state index contributed by atoms with van der Waals surface area (Å²) in [5, 5.41) is 9.68. The van der Waals surface area contributed by atoms with Crippen LogP contribution in [0.4, 0.5) is 0 Å². The Morgan fingerprint density at radius 3 is 2.62 bits per heavy atom. The van der Waals surface area contributed by atoms with Crippen LogP contribution in [0.15, 0.2) is 53.7 Å². The summed E-state index contributed by atoms with van der Waals surface area (Å²) in [4.78, 5) is 4.74. The lowest BCUT2D eigenvalue weighted by Crippen LogP contribution is -2.03. The molecule has 2 aromatic carbocycles. The van der Waals surface area contributed by atoms with Crippen molar-refractivity contribution in [2.75, 3.05) is 32.7 Å². The lowest BCUT2D eigenvalue weighted by molar-refractivity contribution is 0.103. The number of fused-ring (bicyclic) bond motifs is 1. The van der Waals surface area contributed by atoms with Crippen molar-refractivity contribution < 1.29 is 14.6 Å². The van der Waals surface area contributed by atoms with Gasteiger partial charge in [-0.15, -0.1) is 0 Å². The Morgan fingerprint density at radius 2 is 1.88 bits per heavy atom. The molecule has 1 N–H and O–H groups in total. The first-order chi connectivity index (χ1) is 11.8. The van der Waals surface area contributed by atoms with E-state index in [2.05, 4.69) is 10.6 Å². The third-order valence-corrected chi connectivity index (χ3v) is 4.46. The second-order valence-electron chi connectivity index (χ2n) is 5.10. The van der Waals surface area contributed by atoms with Gasteiger partial charge in [0.2, 0.25) is 0 Å². The van der Waals surface area contributed by atoms with Crippen LogP contribution >= 0.6 is 11.8 Å². The third-order valence-electron chi connectivity index (χ3n) is 3.56. The minimum Gasteiger partial charge on any atom is -0.497 e. The highest BCUT2D eigenvalue weighted by Gasteiger charge is 2.12. The summed E-state index contributed by atoms with van der Waals surface area (Å²) >= 11 is 1.64. The van der Waals surface area contributed by atoms with E-state index in [9.17, 15) is 0 Å². The fourth-order valence-electron chi connectivity index (χ4n) is 2.44. The highest BCUT2D eigenvalue weighted by molar-refractivity contribution is 7.99. The first-order valence-corrected chi connectivity index (χ1v) is 8.75. The molecule has 24 heavy (non-hydrogen) atoms. The summed E-state index contributed by atoms with van der Waals surface area (Å²) < 4.78 is 12.7. The predicted octanol–water partition coefficient (Wildman–Crippen LogP) is 3.14. The van der Waals surface area contributed by atoms with Gasteiger partial charge in [-0.3, -0.25) is 4.57 Å². The van der Waals surface area contributed by atoms with Gasteiger partial charge in [-0.05, 0) is 36.4 Å². The summed E-state index contributed by atoms with van der Waals surface area (Å²) in [5.41, 5.74) is 3.08. The van der Waals surface area contributed by atoms with Crippen LogP contribution in [0.25, 0.3) is 16.7 Å². The highest BCUT2D eigenvalue weighted by atomic mass is 32.2. The Morgan fingerprint density at radius 1 is 1.08 bits per heavy atom. The Balaban J connectivity index is 1.89. The molecule has 1 aromatic heterocycles. The molecular formula is C18H20N2O3S. The van der Waals surface area contributed by atoms with Crippen molar-refractivity contribution >= 4 is 22.8 Å². The number of aliphatic hydroxyl groups is 1. The van der Waals surface area contributed by atoms with Gasteiger partial charge in [0.15, 0.2) is 5.16 Å². The number of para-hydroxylation sites is 2. The highest BCUT2D eigenvalue weighted by Crippen LogP contribution is 2.28. The SMILES string of the molecule is COc1ccc(-n2c(SCCOCCO)nc3ccccc32)cc1. The summed E-state index contributed by atoms with van der Waals surface area (Å²) in [6.45, 7) is 1.00. The van der Waals surface area contributed by atoms with Crippen molar-refractivity contribution in [3.8, 4) is 11.4 Å². The summed E-state index contributed by atoms with van der Waals surface area (Å²) in [6.07, 6.45) is 0. The monoisotopic (exact) mass is 344 g/mol. The second-order valence-corrected chi connectivity index (χ2v) is 6.16. The van der Waals surface area contributed by atoms with Crippen LogP contribution in [0.3, 0.4) is 0 Å². The van der Waals surface area contributed by atoms with Crippen LogP contribution in [0.5, 0.6) is 5.75 Å². The Bertz CT molecular complexity index is 787. The number of aromatic nitrogens is 2. The van der Waals surface area contributed by atoms with Gasteiger partial charge in [0.05, 0.1) is 38.0 Å². The molecule has 6 heteroatoms. The van der Waals surface area contributed by atoms with Crippen LogP contribution in [0.2, 0.25) is 0 Å². The smallest absolute Gasteiger partial charge is 0.173 e. The molecule has 0 aliphatic heterocycles.